The Hall–Kier alpha value is -2.28. The van der Waals surface area contributed by atoms with Gasteiger partial charge in [0.15, 0.2) is 0 Å². The van der Waals surface area contributed by atoms with Crippen LogP contribution in [0.1, 0.15) is 16.8 Å². The van der Waals surface area contributed by atoms with Crippen LogP contribution in [-0.4, -0.2) is 51.9 Å². The van der Waals surface area contributed by atoms with E-state index < -0.39 is 0 Å². The quantitative estimate of drug-likeness (QED) is 0.851. The second-order valence-corrected chi connectivity index (χ2v) is 5.72. The number of pyridine rings is 1. The van der Waals surface area contributed by atoms with Gasteiger partial charge in [0.05, 0.1) is 13.7 Å². The van der Waals surface area contributed by atoms with Crippen molar-refractivity contribution in [1.82, 2.24) is 19.7 Å². The highest BCUT2D eigenvalue weighted by Crippen LogP contribution is 2.27. The predicted molar refractivity (Wildman–Crippen MR) is 83.9 cm³/mol. The maximum absolute atomic E-state index is 12.6. The highest BCUT2D eigenvalue weighted by molar-refractivity contribution is 6.31. The molecule has 0 aliphatic carbocycles. The Labute approximate surface area is 138 Å². The molecule has 0 radical (unpaired) electrons. The third-order valence-corrected chi connectivity index (χ3v) is 3.96. The summed E-state index contributed by atoms with van der Waals surface area (Å²) >= 11 is 6.04. The lowest BCUT2D eigenvalue weighted by Gasteiger charge is -2.17. The van der Waals surface area contributed by atoms with E-state index in [1.54, 1.807) is 35.1 Å². The lowest BCUT2D eigenvalue weighted by Crippen LogP contribution is -2.31. The maximum Gasteiger partial charge on any atom is 0.261 e. The number of hydrogen-bond acceptors (Lipinski definition) is 5. The van der Waals surface area contributed by atoms with Crippen LogP contribution in [-0.2, 0) is 7.05 Å². The van der Waals surface area contributed by atoms with E-state index in [2.05, 4.69) is 10.1 Å². The third kappa shape index (κ3) is 3.24. The molecule has 1 atom stereocenters. The first-order chi connectivity index (χ1) is 11.1. The van der Waals surface area contributed by atoms with Gasteiger partial charge in [0.25, 0.3) is 5.91 Å². The zero-order chi connectivity index (χ0) is 16.4. The van der Waals surface area contributed by atoms with E-state index in [9.17, 15) is 4.79 Å². The molecular formula is C15H17ClN4O3. The zero-order valence-electron chi connectivity index (χ0n) is 12.9. The number of likely N-dealkylation sites (tertiary alicyclic amines) is 1. The summed E-state index contributed by atoms with van der Waals surface area (Å²) in [6.07, 6.45) is 5.47. The number of rotatable bonds is 4. The van der Waals surface area contributed by atoms with Crippen molar-refractivity contribution in [1.29, 1.82) is 0 Å². The van der Waals surface area contributed by atoms with Crippen LogP contribution in [0.15, 0.2) is 24.7 Å². The highest BCUT2D eigenvalue weighted by atomic mass is 35.5. The predicted octanol–water partition coefficient (Wildman–Crippen LogP) is 1.77. The Morgan fingerprint density at radius 1 is 1.48 bits per heavy atom. The van der Waals surface area contributed by atoms with Gasteiger partial charge >= 0.3 is 0 Å². The molecule has 23 heavy (non-hydrogen) atoms. The molecule has 3 heterocycles. The molecule has 1 fully saturated rings. The van der Waals surface area contributed by atoms with Gasteiger partial charge in [0, 0.05) is 44.7 Å². The molecular weight excluding hydrogens is 320 g/mol. The molecule has 3 rings (SSSR count). The number of aromatic nitrogens is 3. The normalized spacial score (nSPS) is 17.3. The van der Waals surface area contributed by atoms with Crippen LogP contribution >= 0.6 is 11.6 Å². The fourth-order valence-corrected chi connectivity index (χ4v) is 2.75. The number of aryl methyl sites for hydroxylation is 1. The van der Waals surface area contributed by atoms with Crippen molar-refractivity contribution >= 4 is 17.5 Å². The van der Waals surface area contributed by atoms with Crippen molar-refractivity contribution in [2.75, 3.05) is 20.2 Å². The average Bonchev–Trinajstić information content (AvgIpc) is 3.15. The van der Waals surface area contributed by atoms with Crippen LogP contribution in [0.2, 0.25) is 5.02 Å². The Morgan fingerprint density at radius 3 is 3.04 bits per heavy atom. The van der Waals surface area contributed by atoms with E-state index in [0.29, 0.717) is 35.3 Å². The first-order valence-corrected chi connectivity index (χ1v) is 7.59. The van der Waals surface area contributed by atoms with Gasteiger partial charge in [0.1, 0.15) is 22.4 Å². The van der Waals surface area contributed by atoms with E-state index >= 15 is 0 Å². The van der Waals surface area contributed by atoms with Crippen LogP contribution in [0.5, 0.6) is 11.6 Å². The van der Waals surface area contributed by atoms with Gasteiger partial charge in [-0.05, 0) is 0 Å². The van der Waals surface area contributed by atoms with Crippen molar-refractivity contribution in [3.63, 3.8) is 0 Å². The molecule has 2 aromatic rings. The van der Waals surface area contributed by atoms with Crippen LogP contribution in [0.3, 0.4) is 0 Å². The summed E-state index contributed by atoms with van der Waals surface area (Å²) in [5, 5.41) is 4.58. The van der Waals surface area contributed by atoms with Gasteiger partial charge in [0.2, 0.25) is 5.88 Å². The van der Waals surface area contributed by atoms with Crippen molar-refractivity contribution in [2.45, 2.75) is 12.5 Å². The van der Waals surface area contributed by atoms with Crippen LogP contribution in [0, 0.1) is 0 Å². The fourth-order valence-electron chi connectivity index (χ4n) is 2.58. The summed E-state index contributed by atoms with van der Waals surface area (Å²) in [6.45, 7) is 1.11. The minimum Gasteiger partial charge on any atom is -0.487 e. The molecule has 0 spiro atoms. The second-order valence-electron chi connectivity index (χ2n) is 5.31. The summed E-state index contributed by atoms with van der Waals surface area (Å²) in [5.41, 5.74) is 0.456. The van der Waals surface area contributed by atoms with Gasteiger partial charge in [-0.3, -0.25) is 14.5 Å². The number of halogens is 1. The Balaban J connectivity index is 1.67. The summed E-state index contributed by atoms with van der Waals surface area (Å²) in [7, 11) is 3.25. The minimum absolute atomic E-state index is 0.0958. The van der Waals surface area contributed by atoms with E-state index in [1.807, 2.05) is 0 Å². The monoisotopic (exact) mass is 336 g/mol. The van der Waals surface area contributed by atoms with E-state index in [4.69, 9.17) is 21.1 Å². The first kappa shape index (κ1) is 15.6. The highest BCUT2D eigenvalue weighted by Gasteiger charge is 2.31. The lowest BCUT2D eigenvalue weighted by molar-refractivity contribution is 0.0769. The van der Waals surface area contributed by atoms with Gasteiger partial charge in [-0.2, -0.15) is 0 Å². The lowest BCUT2D eigenvalue weighted by atomic mass is 10.3. The molecule has 0 saturated carbocycles. The average molecular weight is 337 g/mol. The molecule has 1 saturated heterocycles. The standard InChI is InChI=1S/C15H17ClN4O3/c1-19-9-11(14(18-19)22-2)15(21)20-6-4-10(8-20)23-13-3-5-17-7-12(13)16/h3,5,7,9-10H,4,6,8H2,1-2H3. The van der Waals surface area contributed by atoms with E-state index in [0.717, 1.165) is 6.42 Å². The number of hydrogen-bond donors (Lipinski definition) is 0. The molecule has 0 aromatic carbocycles. The Bertz CT molecular complexity index is 718. The number of methoxy groups -OCH3 is 1. The number of amides is 1. The molecule has 1 amide bonds. The molecule has 1 aliphatic heterocycles. The number of carbonyl (C=O) groups is 1. The summed E-state index contributed by atoms with van der Waals surface area (Å²) < 4.78 is 12.6. The number of nitrogens with zero attached hydrogens (tertiary/aromatic N) is 4. The molecule has 122 valence electrons. The molecule has 7 nitrogen and oxygen atoms in total. The van der Waals surface area contributed by atoms with Gasteiger partial charge in [-0.1, -0.05) is 11.6 Å². The molecule has 1 unspecified atom stereocenters. The van der Waals surface area contributed by atoms with Gasteiger partial charge in [-0.25, -0.2) is 0 Å². The molecule has 0 bridgehead atoms. The van der Waals surface area contributed by atoms with E-state index in [1.165, 1.54) is 13.3 Å². The zero-order valence-corrected chi connectivity index (χ0v) is 13.7. The molecule has 1 aliphatic rings. The number of ether oxygens (including phenoxy) is 2. The topological polar surface area (TPSA) is 69.5 Å². The van der Waals surface area contributed by atoms with Crippen molar-refractivity contribution < 1.29 is 14.3 Å². The number of carbonyl (C=O) groups excluding carboxylic acids is 1. The molecule has 8 heteroatoms. The minimum atomic E-state index is -0.109. The Morgan fingerprint density at radius 2 is 2.30 bits per heavy atom. The van der Waals surface area contributed by atoms with E-state index in [-0.39, 0.29) is 12.0 Å². The van der Waals surface area contributed by atoms with Crippen LogP contribution in [0.25, 0.3) is 0 Å². The van der Waals surface area contributed by atoms with Crippen molar-refractivity contribution in [3.05, 3.63) is 35.2 Å². The van der Waals surface area contributed by atoms with Gasteiger partial charge < -0.3 is 14.4 Å². The first-order valence-electron chi connectivity index (χ1n) is 7.21. The molecule has 2 aromatic heterocycles. The SMILES string of the molecule is COc1nn(C)cc1C(=O)N1CCC(Oc2ccncc2Cl)C1. The fraction of sp³-hybridized carbons (Fsp3) is 0.400. The van der Waals surface area contributed by atoms with Crippen molar-refractivity contribution in [2.24, 2.45) is 7.05 Å². The van der Waals surface area contributed by atoms with Crippen molar-refractivity contribution in [3.8, 4) is 11.6 Å². The second kappa shape index (κ2) is 6.45. The summed E-state index contributed by atoms with van der Waals surface area (Å²) in [4.78, 5) is 18.3. The van der Waals surface area contributed by atoms with Crippen LogP contribution in [0.4, 0.5) is 0 Å². The summed E-state index contributed by atoms with van der Waals surface area (Å²) in [5.74, 6) is 0.806. The smallest absolute Gasteiger partial charge is 0.261 e. The van der Waals surface area contributed by atoms with Gasteiger partial charge in [-0.15, -0.1) is 5.10 Å². The van der Waals surface area contributed by atoms with Crippen LogP contribution < -0.4 is 9.47 Å². The summed E-state index contributed by atoms with van der Waals surface area (Å²) in [6, 6.07) is 1.72. The largest absolute Gasteiger partial charge is 0.487 e. The Kier molecular flexibility index (Phi) is 4.38. The third-order valence-electron chi connectivity index (χ3n) is 3.68. The molecule has 0 N–H and O–H groups in total. The maximum atomic E-state index is 12.6.